The quantitative estimate of drug-likeness (QED) is 0.643. The molecule has 1 aliphatic heterocycles. The van der Waals surface area contributed by atoms with Crippen LogP contribution in [0.5, 0.6) is 0 Å². The van der Waals surface area contributed by atoms with Gasteiger partial charge in [0.15, 0.2) is 5.65 Å². The van der Waals surface area contributed by atoms with Crippen LogP contribution in [-0.4, -0.2) is 33.7 Å². The zero-order valence-corrected chi connectivity index (χ0v) is 14.4. The van der Waals surface area contributed by atoms with Gasteiger partial charge in [0.2, 0.25) is 5.95 Å². The monoisotopic (exact) mass is 378 g/mol. The molecular formula is C18H21F3N6. The van der Waals surface area contributed by atoms with Crippen LogP contribution in [0, 0.1) is 0 Å². The van der Waals surface area contributed by atoms with E-state index in [9.17, 15) is 13.2 Å². The Labute approximate surface area is 155 Å². The molecule has 144 valence electrons. The first-order valence-corrected chi connectivity index (χ1v) is 8.76. The summed E-state index contributed by atoms with van der Waals surface area (Å²) in [7, 11) is 0. The van der Waals surface area contributed by atoms with Gasteiger partial charge < -0.3 is 16.0 Å². The maximum absolute atomic E-state index is 12.7. The molecule has 2 aromatic heterocycles. The standard InChI is InChI=1S/C18H19F3N6.H2/c19-18(20,21)12-6-8-13(9-7-12)24-17-25-16-5-1-4-15(27(16)26-17)23-14-3-2-10-22-11-14;/h1,4-9,14,22-23H,2-3,10-11H2,(H,24,26);1H/t14-;/m0./s1. The Balaban J connectivity index is 0.00000225. The minimum Gasteiger partial charge on any atom is -0.366 e. The second-order valence-electron chi connectivity index (χ2n) is 6.50. The largest absolute Gasteiger partial charge is 0.416 e. The lowest BCUT2D eigenvalue weighted by Gasteiger charge is -2.24. The fourth-order valence-electron chi connectivity index (χ4n) is 3.12. The number of nitrogens with one attached hydrogen (secondary N) is 3. The molecule has 0 radical (unpaired) electrons. The lowest BCUT2D eigenvalue weighted by Crippen LogP contribution is -2.38. The predicted octanol–water partition coefficient (Wildman–Crippen LogP) is 3.90. The second-order valence-corrected chi connectivity index (χ2v) is 6.50. The first kappa shape index (κ1) is 17.6. The van der Waals surface area contributed by atoms with E-state index >= 15 is 0 Å². The van der Waals surface area contributed by atoms with Crippen molar-refractivity contribution in [3.63, 3.8) is 0 Å². The van der Waals surface area contributed by atoms with Gasteiger partial charge in [-0.1, -0.05) is 6.07 Å². The van der Waals surface area contributed by atoms with Gasteiger partial charge in [-0.05, 0) is 55.8 Å². The Morgan fingerprint density at radius 2 is 1.96 bits per heavy atom. The summed E-state index contributed by atoms with van der Waals surface area (Å²) >= 11 is 0. The van der Waals surface area contributed by atoms with Gasteiger partial charge in [0.05, 0.1) is 5.56 Å². The lowest BCUT2D eigenvalue weighted by atomic mass is 10.1. The van der Waals surface area contributed by atoms with Crippen molar-refractivity contribution in [2.45, 2.75) is 25.1 Å². The van der Waals surface area contributed by atoms with E-state index in [1.807, 2.05) is 18.2 Å². The lowest BCUT2D eigenvalue weighted by molar-refractivity contribution is -0.137. The van der Waals surface area contributed by atoms with Crippen molar-refractivity contribution >= 4 is 23.1 Å². The Kier molecular flexibility index (Phi) is 4.61. The van der Waals surface area contributed by atoms with Crippen molar-refractivity contribution in [3.05, 3.63) is 48.0 Å². The van der Waals surface area contributed by atoms with Crippen LogP contribution in [0.3, 0.4) is 0 Å². The van der Waals surface area contributed by atoms with Gasteiger partial charge in [-0.25, -0.2) is 0 Å². The van der Waals surface area contributed by atoms with E-state index in [2.05, 4.69) is 26.0 Å². The van der Waals surface area contributed by atoms with Gasteiger partial charge in [-0.2, -0.15) is 22.7 Å². The first-order chi connectivity index (χ1) is 13.0. The number of pyridine rings is 1. The molecule has 6 nitrogen and oxygen atoms in total. The molecule has 0 spiro atoms. The Morgan fingerprint density at radius 3 is 2.67 bits per heavy atom. The van der Waals surface area contributed by atoms with Crippen LogP contribution in [0.1, 0.15) is 19.8 Å². The summed E-state index contributed by atoms with van der Waals surface area (Å²) in [6.45, 7) is 1.93. The van der Waals surface area contributed by atoms with Gasteiger partial charge in [-0.15, -0.1) is 5.10 Å². The molecule has 1 atom stereocenters. The van der Waals surface area contributed by atoms with Crippen LogP contribution < -0.4 is 16.0 Å². The van der Waals surface area contributed by atoms with Crippen LogP contribution in [0.15, 0.2) is 42.5 Å². The van der Waals surface area contributed by atoms with Gasteiger partial charge in [0.25, 0.3) is 0 Å². The minimum absolute atomic E-state index is 0. The zero-order chi connectivity index (χ0) is 18.9. The molecule has 0 bridgehead atoms. The second kappa shape index (κ2) is 7.07. The molecule has 1 saturated heterocycles. The number of anilines is 3. The van der Waals surface area contributed by atoms with Crippen LogP contribution >= 0.6 is 0 Å². The maximum atomic E-state index is 12.7. The highest BCUT2D eigenvalue weighted by Gasteiger charge is 2.30. The molecule has 0 unspecified atom stereocenters. The van der Waals surface area contributed by atoms with E-state index in [4.69, 9.17) is 0 Å². The van der Waals surface area contributed by atoms with E-state index in [1.54, 1.807) is 4.52 Å². The van der Waals surface area contributed by atoms with Gasteiger partial charge in [0, 0.05) is 19.7 Å². The molecule has 1 aliphatic rings. The molecule has 3 N–H and O–H groups in total. The number of halogens is 3. The number of rotatable bonds is 4. The Bertz CT molecular complexity index is 919. The van der Waals surface area contributed by atoms with Gasteiger partial charge in [-0.3, -0.25) is 0 Å². The molecule has 0 amide bonds. The van der Waals surface area contributed by atoms with Crippen molar-refractivity contribution in [1.82, 2.24) is 19.9 Å². The van der Waals surface area contributed by atoms with Crippen molar-refractivity contribution in [2.75, 3.05) is 23.7 Å². The molecule has 4 rings (SSSR count). The Hall–Kier alpha value is -2.81. The van der Waals surface area contributed by atoms with Crippen LogP contribution in [-0.2, 0) is 6.18 Å². The number of benzene rings is 1. The van der Waals surface area contributed by atoms with E-state index in [-0.39, 0.29) is 1.43 Å². The summed E-state index contributed by atoms with van der Waals surface area (Å²) < 4.78 is 39.7. The summed E-state index contributed by atoms with van der Waals surface area (Å²) in [4.78, 5) is 4.40. The normalized spacial score (nSPS) is 17.8. The van der Waals surface area contributed by atoms with Gasteiger partial charge >= 0.3 is 6.18 Å². The van der Waals surface area contributed by atoms with Crippen molar-refractivity contribution in [2.24, 2.45) is 0 Å². The summed E-state index contributed by atoms with van der Waals surface area (Å²) in [5, 5.41) is 14.2. The van der Waals surface area contributed by atoms with Gasteiger partial charge in [0.1, 0.15) is 5.82 Å². The number of fused-ring (bicyclic) bond motifs is 1. The van der Waals surface area contributed by atoms with E-state index in [0.717, 1.165) is 43.9 Å². The van der Waals surface area contributed by atoms with E-state index in [0.29, 0.717) is 23.3 Å². The summed E-state index contributed by atoms with van der Waals surface area (Å²) in [5.74, 6) is 1.15. The number of hydrogen-bond donors (Lipinski definition) is 3. The molecule has 9 heteroatoms. The molecular weight excluding hydrogens is 357 g/mol. The van der Waals surface area contributed by atoms with Crippen LogP contribution in [0.2, 0.25) is 0 Å². The highest BCUT2D eigenvalue weighted by atomic mass is 19.4. The average molecular weight is 378 g/mol. The number of hydrogen-bond acceptors (Lipinski definition) is 5. The smallest absolute Gasteiger partial charge is 0.366 e. The molecule has 3 heterocycles. The average Bonchev–Trinajstić information content (AvgIpc) is 3.06. The van der Waals surface area contributed by atoms with Crippen LogP contribution in [0.4, 0.5) is 30.6 Å². The van der Waals surface area contributed by atoms with Crippen molar-refractivity contribution in [3.8, 4) is 0 Å². The topological polar surface area (TPSA) is 66.3 Å². The Morgan fingerprint density at radius 1 is 1.15 bits per heavy atom. The zero-order valence-electron chi connectivity index (χ0n) is 14.4. The number of alkyl halides is 3. The number of piperidine rings is 1. The highest BCUT2D eigenvalue weighted by Crippen LogP contribution is 2.30. The fourth-order valence-corrected chi connectivity index (χ4v) is 3.12. The molecule has 0 aliphatic carbocycles. The third kappa shape index (κ3) is 3.97. The summed E-state index contributed by atoms with van der Waals surface area (Å²) in [5.41, 5.74) is 0.451. The third-order valence-corrected chi connectivity index (χ3v) is 4.48. The molecule has 1 fully saturated rings. The van der Waals surface area contributed by atoms with Crippen LogP contribution in [0.25, 0.3) is 5.65 Å². The summed E-state index contributed by atoms with van der Waals surface area (Å²) in [6, 6.07) is 10.8. The third-order valence-electron chi connectivity index (χ3n) is 4.48. The number of aromatic nitrogens is 3. The van der Waals surface area contributed by atoms with Crippen molar-refractivity contribution in [1.29, 1.82) is 0 Å². The summed E-state index contributed by atoms with van der Waals surface area (Å²) in [6.07, 6.45) is -2.16. The molecule has 27 heavy (non-hydrogen) atoms. The molecule has 3 aromatic rings. The maximum Gasteiger partial charge on any atom is 0.416 e. The van der Waals surface area contributed by atoms with E-state index < -0.39 is 11.7 Å². The SMILES string of the molecule is FC(F)(F)c1ccc(Nc2nc3cccc(N[C@H]4CCCNC4)n3n2)cc1.[HH]. The predicted molar refractivity (Wildman–Crippen MR) is 99.3 cm³/mol. The minimum atomic E-state index is -4.35. The number of nitrogens with zero attached hydrogens (tertiary/aromatic N) is 3. The van der Waals surface area contributed by atoms with Crippen molar-refractivity contribution < 1.29 is 14.6 Å². The highest BCUT2D eigenvalue weighted by molar-refractivity contribution is 5.58. The molecule has 1 aromatic carbocycles. The molecule has 0 saturated carbocycles. The first-order valence-electron chi connectivity index (χ1n) is 8.76. The van der Waals surface area contributed by atoms with E-state index in [1.165, 1.54) is 12.1 Å². The fraction of sp³-hybridized carbons (Fsp3) is 0.333.